The molecule has 1 aliphatic rings. The molecule has 33 heavy (non-hydrogen) atoms. The van der Waals surface area contributed by atoms with Crippen molar-refractivity contribution in [2.75, 3.05) is 19.6 Å². The molecule has 1 heterocycles. The first-order valence-corrected chi connectivity index (χ1v) is 12.8. The molecule has 8 heteroatoms. The molecule has 0 bridgehead atoms. The molecule has 2 amide bonds. The lowest BCUT2D eigenvalue weighted by molar-refractivity contribution is -0.120. The van der Waals surface area contributed by atoms with Crippen molar-refractivity contribution in [2.45, 2.75) is 56.9 Å². The molecule has 3 rings (SSSR count). The number of hydrogen-bond acceptors (Lipinski definition) is 4. The van der Waals surface area contributed by atoms with Crippen LogP contribution >= 0.6 is 0 Å². The fourth-order valence-electron chi connectivity index (χ4n) is 3.68. The van der Waals surface area contributed by atoms with Crippen LogP contribution < -0.4 is 10.6 Å². The van der Waals surface area contributed by atoms with Gasteiger partial charge in [-0.15, -0.1) is 0 Å². The number of carbonyl (C=O) groups is 2. The van der Waals surface area contributed by atoms with Crippen molar-refractivity contribution in [3.8, 4) is 0 Å². The number of nitrogens with zero attached hydrogens (tertiary/aromatic N) is 1. The lowest BCUT2D eigenvalue weighted by Gasteiger charge is -2.25. The molecule has 0 spiro atoms. The first-order valence-electron chi connectivity index (χ1n) is 11.3. The minimum atomic E-state index is -3.47. The van der Waals surface area contributed by atoms with Crippen LogP contribution in [0.4, 0.5) is 0 Å². The molecule has 1 fully saturated rings. The zero-order valence-corrected chi connectivity index (χ0v) is 20.4. The Hall–Kier alpha value is -2.71. The Bertz CT molecular complexity index is 1070. The molecule has 0 aromatic heterocycles. The number of nitrogens with one attached hydrogen (secondary N) is 2. The van der Waals surface area contributed by atoms with E-state index in [1.165, 1.54) is 4.31 Å². The van der Waals surface area contributed by atoms with Gasteiger partial charge in [-0.1, -0.05) is 51.5 Å². The van der Waals surface area contributed by atoms with Crippen LogP contribution in [0.5, 0.6) is 0 Å². The minimum absolute atomic E-state index is 0.00479. The number of piperidine rings is 1. The van der Waals surface area contributed by atoms with E-state index in [9.17, 15) is 18.0 Å². The van der Waals surface area contributed by atoms with E-state index < -0.39 is 10.0 Å². The molecule has 0 atom stereocenters. The maximum Gasteiger partial charge on any atom is 0.251 e. The average Bonchev–Trinajstić information content (AvgIpc) is 2.81. The monoisotopic (exact) mass is 471 g/mol. The second-order valence-corrected chi connectivity index (χ2v) is 11.3. The van der Waals surface area contributed by atoms with Crippen molar-refractivity contribution in [1.82, 2.24) is 14.9 Å². The van der Waals surface area contributed by atoms with Crippen LogP contribution in [0.1, 0.15) is 61.5 Å². The molecule has 2 aromatic carbocycles. The number of hydrogen-bond donors (Lipinski definition) is 2. The number of sulfonamides is 1. The largest absolute Gasteiger partial charge is 0.350 e. The Morgan fingerprint density at radius 3 is 2.06 bits per heavy atom. The average molecular weight is 472 g/mol. The van der Waals surface area contributed by atoms with Crippen LogP contribution in [0.15, 0.2) is 53.4 Å². The second kappa shape index (κ2) is 10.5. The van der Waals surface area contributed by atoms with Gasteiger partial charge in [-0.3, -0.25) is 9.59 Å². The first-order chi connectivity index (χ1) is 15.6. The Labute approximate surface area is 196 Å². The molecule has 1 saturated heterocycles. The number of amides is 2. The van der Waals surface area contributed by atoms with Crippen LogP contribution in [0, 0.1) is 0 Å². The van der Waals surface area contributed by atoms with Crippen molar-refractivity contribution >= 4 is 21.8 Å². The lowest BCUT2D eigenvalue weighted by Crippen LogP contribution is -2.36. The van der Waals surface area contributed by atoms with Gasteiger partial charge in [-0.05, 0) is 53.6 Å². The normalized spacial score (nSPS) is 15.1. The van der Waals surface area contributed by atoms with Crippen molar-refractivity contribution in [3.05, 3.63) is 65.2 Å². The summed E-state index contributed by atoms with van der Waals surface area (Å²) in [6.07, 6.45) is 2.85. The van der Waals surface area contributed by atoms with Gasteiger partial charge in [0.1, 0.15) is 0 Å². The van der Waals surface area contributed by atoms with Crippen molar-refractivity contribution < 1.29 is 18.0 Å². The summed E-state index contributed by atoms with van der Waals surface area (Å²) < 4.78 is 27.0. The van der Waals surface area contributed by atoms with E-state index in [1.807, 2.05) is 12.1 Å². The second-order valence-electron chi connectivity index (χ2n) is 9.40. The topological polar surface area (TPSA) is 95.6 Å². The summed E-state index contributed by atoms with van der Waals surface area (Å²) in [6.45, 7) is 7.55. The lowest BCUT2D eigenvalue weighted by atomic mass is 9.87. The van der Waals surface area contributed by atoms with Gasteiger partial charge in [0.05, 0.1) is 11.4 Å². The summed E-state index contributed by atoms with van der Waals surface area (Å²) in [5, 5.41) is 5.37. The zero-order chi connectivity index (χ0) is 24.1. The zero-order valence-electron chi connectivity index (χ0n) is 19.6. The molecule has 0 saturated carbocycles. The van der Waals surface area contributed by atoms with E-state index in [2.05, 4.69) is 31.4 Å². The summed E-state index contributed by atoms with van der Waals surface area (Å²) in [5.74, 6) is -0.627. The number of carbonyl (C=O) groups excluding carboxylic acids is 2. The maximum atomic E-state index is 12.7. The standard InChI is InChI=1S/C25H33N3O4S/c1-25(2,3)21-11-9-20(10-12-21)24(30)27-18-23(29)26-17-19-7-13-22(14-8-19)33(31,32)28-15-5-4-6-16-28/h7-14H,4-6,15-18H2,1-3H3,(H,26,29)(H,27,30). The van der Waals surface area contributed by atoms with Crippen molar-refractivity contribution in [2.24, 2.45) is 0 Å². The summed E-state index contributed by atoms with van der Waals surface area (Å²) in [6, 6.07) is 13.9. The molecular weight excluding hydrogens is 438 g/mol. The fourth-order valence-corrected chi connectivity index (χ4v) is 5.20. The third-order valence-corrected chi connectivity index (χ3v) is 7.70. The number of benzene rings is 2. The quantitative estimate of drug-likeness (QED) is 0.648. The van der Waals surface area contributed by atoms with Gasteiger partial charge in [0.15, 0.2) is 0 Å². The van der Waals surface area contributed by atoms with Gasteiger partial charge < -0.3 is 10.6 Å². The van der Waals surface area contributed by atoms with E-state index in [-0.39, 0.29) is 35.2 Å². The van der Waals surface area contributed by atoms with E-state index in [4.69, 9.17) is 0 Å². The molecule has 0 radical (unpaired) electrons. The highest BCUT2D eigenvalue weighted by molar-refractivity contribution is 7.89. The summed E-state index contributed by atoms with van der Waals surface area (Å²) in [7, 11) is -3.47. The fraction of sp³-hybridized carbons (Fsp3) is 0.440. The third kappa shape index (κ3) is 6.65. The summed E-state index contributed by atoms with van der Waals surface area (Å²) in [5.41, 5.74) is 2.42. The Balaban J connectivity index is 1.47. The van der Waals surface area contributed by atoms with Crippen LogP contribution in [0.3, 0.4) is 0 Å². The smallest absolute Gasteiger partial charge is 0.251 e. The molecule has 2 N–H and O–H groups in total. The highest BCUT2D eigenvalue weighted by Gasteiger charge is 2.25. The van der Waals surface area contributed by atoms with Crippen LogP contribution in [0.2, 0.25) is 0 Å². The molecule has 178 valence electrons. The highest BCUT2D eigenvalue weighted by atomic mass is 32.2. The van der Waals surface area contributed by atoms with Crippen LogP contribution in [-0.2, 0) is 26.8 Å². The Morgan fingerprint density at radius 2 is 1.48 bits per heavy atom. The maximum absolute atomic E-state index is 12.7. The first kappa shape index (κ1) is 24.9. The van der Waals surface area contributed by atoms with E-state index in [0.29, 0.717) is 18.7 Å². The van der Waals surface area contributed by atoms with Gasteiger partial charge in [0.25, 0.3) is 5.91 Å². The van der Waals surface area contributed by atoms with E-state index in [1.54, 1.807) is 36.4 Å². The number of rotatable bonds is 7. The van der Waals surface area contributed by atoms with E-state index in [0.717, 1.165) is 30.4 Å². The van der Waals surface area contributed by atoms with Gasteiger partial charge >= 0.3 is 0 Å². The molecule has 0 aliphatic carbocycles. The summed E-state index contributed by atoms with van der Waals surface area (Å²) >= 11 is 0. The van der Waals surface area contributed by atoms with Gasteiger partial charge in [0.2, 0.25) is 15.9 Å². The Morgan fingerprint density at radius 1 is 0.879 bits per heavy atom. The molecule has 1 aliphatic heterocycles. The molecule has 0 unspecified atom stereocenters. The Kier molecular flexibility index (Phi) is 7.92. The third-order valence-electron chi connectivity index (χ3n) is 5.79. The summed E-state index contributed by atoms with van der Waals surface area (Å²) in [4.78, 5) is 24.7. The van der Waals surface area contributed by atoms with Crippen LogP contribution in [-0.4, -0.2) is 44.2 Å². The van der Waals surface area contributed by atoms with Gasteiger partial charge in [-0.2, -0.15) is 4.31 Å². The van der Waals surface area contributed by atoms with E-state index >= 15 is 0 Å². The minimum Gasteiger partial charge on any atom is -0.350 e. The van der Waals surface area contributed by atoms with Crippen molar-refractivity contribution in [3.63, 3.8) is 0 Å². The predicted octanol–water partition coefficient (Wildman–Crippen LogP) is 3.20. The van der Waals surface area contributed by atoms with Crippen LogP contribution in [0.25, 0.3) is 0 Å². The molecule has 2 aromatic rings. The van der Waals surface area contributed by atoms with Crippen molar-refractivity contribution in [1.29, 1.82) is 0 Å². The molecular formula is C25H33N3O4S. The van der Waals surface area contributed by atoms with Gasteiger partial charge in [-0.25, -0.2) is 8.42 Å². The molecule has 7 nitrogen and oxygen atoms in total. The highest BCUT2D eigenvalue weighted by Crippen LogP contribution is 2.22. The van der Waals surface area contributed by atoms with Gasteiger partial charge in [0, 0.05) is 25.2 Å². The predicted molar refractivity (Wildman–Crippen MR) is 128 cm³/mol. The SMILES string of the molecule is CC(C)(C)c1ccc(C(=O)NCC(=O)NCc2ccc(S(=O)(=O)N3CCCCC3)cc2)cc1.